The molecule has 21 heavy (non-hydrogen) atoms. The molecule has 0 spiro atoms. The fourth-order valence-electron chi connectivity index (χ4n) is 1.92. The average molecular weight is 323 g/mol. The number of benzene rings is 1. The Bertz CT molecular complexity index is 956. The Hall–Kier alpha value is -2.26. The van der Waals surface area contributed by atoms with Gasteiger partial charge in [-0.15, -0.1) is 10.2 Å². The first kappa shape index (κ1) is 13.7. The minimum atomic E-state index is -3.38. The summed E-state index contributed by atoms with van der Waals surface area (Å²) in [6.45, 7) is 0. The van der Waals surface area contributed by atoms with Crippen LogP contribution in [0.25, 0.3) is 21.5 Å². The molecule has 9 heteroatoms. The highest BCUT2D eigenvalue weighted by molar-refractivity contribution is 7.92. The Balaban J connectivity index is 2.10. The lowest BCUT2D eigenvalue weighted by Crippen LogP contribution is -2.05. The molecule has 108 valence electrons. The molecule has 3 rings (SSSR count). The van der Waals surface area contributed by atoms with Gasteiger partial charge < -0.3 is 5.11 Å². The molecule has 0 saturated heterocycles. The average Bonchev–Trinajstić information content (AvgIpc) is 3.04. The van der Waals surface area contributed by atoms with Crippen molar-refractivity contribution in [3.63, 3.8) is 0 Å². The van der Waals surface area contributed by atoms with E-state index in [1.165, 1.54) is 6.20 Å². The standard InChI is InChI=1S/C12H9N3O4S2/c1-21(18,19)11-14-13-10(20-11)8-2-3-9-7(6-8)4-5-15(9)12(16)17/h2-6H,1H3,(H,16,17). The van der Waals surface area contributed by atoms with Gasteiger partial charge in [0, 0.05) is 23.4 Å². The maximum absolute atomic E-state index is 11.4. The summed E-state index contributed by atoms with van der Waals surface area (Å²) in [7, 11) is -3.38. The molecule has 0 aliphatic carbocycles. The number of carboxylic acid groups (broad SMARTS) is 1. The summed E-state index contributed by atoms with van der Waals surface area (Å²) in [6, 6.07) is 6.77. The number of hydrogen-bond donors (Lipinski definition) is 1. The Morgan fingerprint density at radius 3 is 2.67 bits per heavy atom. The van der Waals surface area contributed by atoms with Crippen molar-refractivity contribution in [2.24, 2.45) is 0 Å². The highest BCUT2D eigenvalue weighted by Crippen LogP contribution is 2.29. The van der Waals surface area contributed by atoms with Gasteiger partial charge in [0.25, 0.3) is 0 Å². The third-order valence-corrected chi connectivity index (χ3v) is 5.51. The van der Waals surface area contributed by atoms with Gasteiger partial charge in [-0.1, -0.05) is 11.3 Å². The van der Waals surface area contributed by atoms with Gasteiger partial charge in [0.05, 0.1) is 5.52 Å². The maximum atomic E-state index is 11.4. The van der Waals surface area contributed by atoms with Gasteiger partial charge in [-0.2, -0.15) is 0 Å². The van der Waals surface area contributed by atoms with Crippen LogP contribution >= 0.6 is 11.3 Å². The molecule has 0 fully saturated rings. The van der Waals surface area contributed by atoms with Crippen molar-refractivity contribution in [3.05, 3.63) is 30.5 Å². The molecule has 2 heterocycles. The number of aromatic nitrogens is 3. The summed E-state index contributed by atoms with van der Waals surface area (Å²) in [4.78, 5) is 11.0. The molecule has 2 aromatic heterocycles. The zero-order chi connectivity index (χ0) is 15.2. The second kappa shape index (κ2) is 4.64. The molecular weight excluding hydrogens is 314 g/mol. The van der Waals surface area contributed by atoms with Crippen LogP contribution in [0.15, 0.2) is 34.8 Å². The van der Waals surface area contributed by atoms with E-state index in [4.69, 9.17) is 5.11 Å². The summed E-state index contributed by atoms with van der Waals surface area (Å²) in [5.41, 5.74) is 1.25. The lowest BCUT2D eigenvalue weighted by Gasteiger charge is -1.99. The topological polar surface area (TPSA) is 102 Å². The molecule has 1 aromatic carbocycles. The Kier molecular flexibility index (Phi) is 3.03. The lowest BCUT2D eigenvalue weighted by molar-refractivity contribution is 0.197. The van der Waals surface area contributed by atoms with Crippen molar-refractivity contribution in [3.8, 4) is 10.6 Å². The quantitative estimate of drug-likeness (QED) is 0.774. The van der Waals surface area contributed by atoms with Crippen LogP contribution in [-0.4, -0.2) is 40.6 Å². The zero-order valence-corrected chi connectivity index (χ0v) is 12.3. The highest BCUT2D eigenvalue weighted by atomic mass is 32.2. The first-order valence-corrected chi connectivity index (χ1v) is 8.45. The second-order valence-corrected chi connectivity index (χ2v) is 7.55. The zero-order valence-electron chi connectivity index (χ0n) is 10.7. The first-order chi connectivity index (χ1) is 9.86. The molecule has 7 nitrogen and oxygen atoms in total. The van der Waals surface area contributed by atoms with Crippen LogP contribution < -0.4 is 0 Å². The smallest absolute Gasteiger partial charge is 0.415 e. The number of fused-ring (bicyclic) bond motifs is 1. The van der Waals surface area contributed by atoms with Crippen LogP contribution in [0.1, 0.15) is 0 Å². The van der Waals surface area contributed by atoms with E-state index in [1.54, 1.807) is 24.3 Å². The third kappa shape index (κ3) is 2.41. The van der Waals surface area contributed by atoms with Gasteiger partial charge in [-0.25, -0.2) is 13.2 Å². The Morgan fingerprint density at radius 2 is 2.05 bits per heavy atom. The van der Waals surface area contributed by atoms with Gasteiger partial charge in [-0.3, -0.25) is 4.57 Å². The Labute approximate surface area is 123 Å². The summed E-state index contributed by atoms with van der Waals surface area (Å²) < 4.78 is 23.9. The molecule has 0 aliphatic rings. The maximum Gasteiger partial charge on any atom is 0.415 e. The van der Waals surface area contributed by atoms with Gasteiger partial charge in [0.1, 0.15) is 5.01 Å². The highest BCUT2D eigenvalue weighted by Gasteiger charge is 2.16. The lowest BCUT2D eigenvalue weighted by atomic mass is 10.2. The number of rotatable bonds is 2. The van der Waals surface area contributed by atoms with Crippen molar-refractivity contribution < 1.29 is 18.3 Å². The molecule has 0 radical (unpaired) electrons. The van der Waals surface area contributed by atoms with Crippen LogP contribution in [0.3, 0.4) is 0 Å². The summed E-state index contributed by atoms with van der Waals surface area (Å²) in [5, 5.41) is 17.8. The van der Waals surface area contributed by atoms with E-state index in [0.29, 0.717) is 16.1 Å². The van der Waals surface area contributed by atoms with Gasteiger partial charge >= 0.3 is 6.09 Å². The van der Waals surface area contributed by atoms with Crippen LogP contribution in [0.5, 0.6) is 0 Å². The second-order valence-electron chi connectivity index (χ2n) is 4.39. The molecular formula is C12H9N3O4S2. The summed E-state index contributed by atoms with van der Waals surface area (Å²) >= 11 is 0.981. The van der Waals surface area contributed by atoms with Gasteiger partial charge in [0.15, 0.2) is 0 Å². The normalized spacial score (nSPS) is 11.9. The van der Waals surface area contributed by atoms with E-state index in [9.17, 15) is 13.2 Å². The van der Waals surface area contributed by atoms with E-state index in [0.717, 1.165) is 27.5 Å². The fourth-order valence-corrected chi connectivity index (χ4v) is 3.52. The minimum absolute atomic E-state index is 0.0410. The van der Waals surface area contributed by atoms with Gasteiger partial charge in [0.2, 0.25) is 14.2 Å². The van der Waals surface area contributed by atoms with Crippen LogP contribution in [0.4, 0.5) is 4.79 Å². The van der Waals surface area contributed by atoms with E-state index in [1.807, 2.05) is 0 Å². The van der Waals surface area contributed by atoms with E-state index in [-0.39, 0.29) is 4.34 Å². The van der Waals surface area contributed by atoms with Crippen molar-refractivity contribution in [1.82, 2.24) is 14.8 Å². The minimum Gasteiger partial charge on any atom is -0.464 e. The van der Waals surface area contributed by atoms with Gasteiger partial charge in [-0.05, 0) is 24.3 Å². The number of carbonyl (C=O) groups is 1. The summed E-state index contributed by atoms with van der Waals surface area (Å²) in [6.07, 6.45) is 1.47. The molecule has 0 saturated carbocycles. The SMILES string of the molecule is CS(=O)(=O)c1nnc(-c2ccc3c(ccn3C(=O)O)c2)s1. The van der Waals surface area contributed by atoms with Crippen molar-refractivity contribution in [1.29, 1.82) is 0 Å². The molecule has 0 bridgehead atoms. The van der Waals surface area contributed by atoms with E-state index < -0.39 is 15.9 Å². The molecule has 3 aromatic rings. The number of hydrogen-bond acceptors (Lipinski definition) is 6. The van der Waals surface area contributed by atoms with E-state index in [2.05, 4.69) is 10.2 Å². The summed E-state index contributed by atoms with van der Waals surface area (Å²) in [5.74, 6) is 0. The predicted octanol–water partition coefficient (Wildman–Crippen LogP) is 2.09. The van der Waals surface area contributed by atoms with Crippen LogP contribution in [0, 0.1) is 0 Å². The Morgan fingerprint density at radius 1 is 1.29 bits per heavy atom. The van der Waals surface area contributed by atoms with E-state index >= 15 is 0 Å². The monoisotopic (exact) mass is 323 g/mol. The van der Waals surface area contributed by atoms with Crippen molar-refractivity contribution in [2.45, 2.75) is 4.34 Å². The van der Waals surface area contributed by atoms with Crippen LogP contribution in [0.2, 0.25) is 0 Å². The fraction of sp³-hybridized carbons (Fsp3) is 0.0833. The van der Waals surface area contributed by atoms with Crippen LogP contribution in [-0.2, 0) is 9.84 Å². The number of nitrogens with zero attached hydrogens (tertiary/aromatic N) is 3. The van der Waals surface area contributed by atoms with Crippen molar-refractivity contribution >= 4 is 38.2 Å². The van der Waals surface area contributed by atoms with Crippen molar-refractivity contribution in [2.75, 3.05) is 6.26 Å². The first-order valence-electron chi connectivity index (χ1n) is 5.74. The number of sulfone groups is 1. The molecule has 0 unspecified atom stereocenters. The third-order valence-electron chi connectivity index (χ3n) is 2.87. The molecule has 1 N–H and O–H groups in total. The molecule has 0 atom stereocenters. The molecule has 0 aliphatic heterocycles. The predicted molar refractivity (Wildman–Crippen MR) is 77.4 cm³/mol. The largest absolute Gasteiger partial charge is 0.464 e. The molecule has 0 amide bonds.